The van der Waals surface area contributed by atoms with Gasteiger partial charge in [-0.1, -0.05) is 0 Å². The molecule has 1 aromatic carbocycles. The van der Waals surface area contributed by atoms with E-state index in [-0.39, 0.29) is 18.0 Å². The van der Waals surface area contributed by atoms with Gasteiger partial charge in [0.15, 0.2) is 0 Å². The second kappa shape index (κ2) is 4.91. The van der Waals surface area contributed by atoms with Gasteiger partial charge in [-0.15, -0.1) is 0 Å². The molecule has 0 aliphatic heterocycles. The van der Waals surface area contributed by atoms with Crippen molar-refractivity contribution in [3.8, 4) is 11.5 Å². The predicted molar refractivity (Wildman–Crippen MR) is 64.6 cm³/mol. The largest absolute Gasteiger partial charge is 0.785 e. The van der Waals surface area contributed by atoms with E-state index < -0.39 is 11.6 Å². The Morgan fingerprint density at radius 1 is 1.18 bits per heavy atom. The van der Waals surface area contributed by atoms with Crippen LogP contribution in [-0.2, 0) is 0 Å². The Balaban J connectivity index is 2.79. The molecule has 1 unspecified atom stereocenters. The number of phenols is 2. The minimum atomic E-state index is -1.05. The van der Waals surface area contributed by atoms with Crippen molar-refractivity contribution in [1.29, 1.82) is 0 Å². The lowest BCUT2D eigenvalue weighted by molar-refractivity contribution is 0.0937. The molecule has 0 amide bonds. The van der Waals surface area contributed by atoms with E-state index in [1.165, 1.54) is 12.1 Å². The number of rotatable bonds is 3. The molecule has 5 heteroatoms. The van der Waals surface area contributed by atoms with Crippen LogP contribution in [0.1, 0.15) is 32.4 Å². The maximum Gasteiger partial charge on any atom is 0.119 e. The molecular weight excluding hydrogens is 222 g/mol. The number of hydrogen-bond acceptors (Lipinski definition) is 5. The number of benzene rings is 1. The van der Waals surface area contributed by atoms with E-state index in [0.717, 1.165) is 11.1 Å². The zero-order chi connectivity index (χ0) is 13.2. The van der Waals surface area contributed by atoms with Crippen molar-refractivity contribution in [2.45, 2.75) is 32.4 Å². The van der Waals surface area contributed by atoms with Crippen molar-refractivity contribution in [3.63, 3.8) is 0 Å². The lowest BCUT2D eigenvalue weighted by Crippen LogP contribution is -2.39. The molecule has 0 radical (unpaired) electrons. The highest BCUT2D eigenvalue weighted by molar-refractivity contribution is 5.37. The maximum atomic E-state index is 11.6. The third kappa shape index (κ3) is 3.89. The molecule has 1 aromatic rings. The second-order valence-electron chi connectivity index (χ2n) is 5.03. The summed E-state index contributed by atoms with van der Waals surface area (Å²) in [6.07, 6.45) is -1.05. The highest BCUT2D eigenvalue weighted by Crippen LogP contribution is 2.26. The maximum absolute atomic E-state index is 11.6. The van der Waals surface area contributed by atoms with E-state index in [1.54, 1.807) is 20.8 Å². The van der Waals surface area contributed by atoms with Crippen LogP contribution in [0.2, 0.25) is 0 Å². The van der Waals surface area contributed by atoms with Gasteiger partial charge in [-0.25, -0.2) is 0 Å². The van der Waals surface area contributed by atoms with Crippen molar-refractivity contribution >= 4 is 0 Å². The standard InChI is InChI=1S/C12H18NO4/c1-12(2,3)13(17)7-11(16)8-4-9(14)6-10(15)5-8/h4-6,11,14-16H,7H2,1-3H3/q-1. The van der Waals surface area contributed by atoms with Crippen LogP contribution in [0.15, 0.2) is 18.2 Å². The van der Waals surface area contributed by atoms with E-state index >= 15 is 0 Å². The van der Waals surface area contributed by atoms with Gasteiger partial charge in [0.25, 0.3) is 0 Å². The highest BCUT2D eigenvalue weighted by Gasteiger charge is 2.17. The van der Waals surface area contributed by atoms with Crippen LogP contribution < -0.4 is 0 Å². The molecule has 0 aliphatic carbocycles. The minimum Gasteiger partial charge on any atom is -0.785 e. The number of phenolic OH excluding ortho intramolecular Hbond substituents is 2. The number of β-amino-alcohol motifs (C(OH)–C–C–N with tert-alkyl or cyclic N) is 1. The molecule has 1 atom stereocenters. The quantitative estimate of drug-likeness (QED) is 0.700. The first-order chi connectivity index (χ1) is 7.70. The number of aromatic hydroxyl groups is 2. The fourth-order valence-corrected chi connectivity index (χ4v) is 1.35. The summed E-state index contributed by atoms with van der Waals surface area (Å²) in [7, 11) is 0. The Bertz CT molecular complexity index is 366. The molecule has 3 N–H and O–H groups in total. The van der Waals surface area contributed by atoms with Gasteiger partial charge in [-0.3, -0.25) is 0 Å². The average molecular weight is 240 g/mol. The van der Waals surface area contributed by atoms with Crippen LogP contribution in [0.5, 0.6) is 11.5 Å². The minimum absolute atomic E-state index is 0.119. The summed E-state index contributed by atoms with van der Waals surface area (Å²) in [5.41, 5.74) is -0.285. The Hall–Kier alpha value is -1.30. The fraction of sp³-hybridized carbons (Fsp3) is 0.500. The van der Waals surface area contributed by atoms with Gasteiger partial charge in [0.1, 0.15) is 11.5 Å². The third-order valence-corrected chi connectivity index (χ3v) is 2.40. The zero-order valence-corrected chi connectivity index (χ0v) is 10.2. The van der Waals surface area contributed by atoms with Crippen molar-refractivity contribution in [2.75, 3.05) is 6.54 Å². The Kier molecular flexibility index (Phi) is 3.98. The number of hydrogen-bond donors (Lipinski definition) is 3. The molecule has 96 valence electrons. The molecule has 0 heterocycles. The Morgan fingerprint density at radius 2 is 1.65 bits per heavy atom. The Labute approximate surface area is 101 Å². The Morgan fingerprint density at radius 3 is 2.06 bits per heavy atom. The van der Waals surface area contributed by atoms with Crippen molar-refractivity contribution in [3.05, 3.63) is 29.0 Å². The number of aliphatic hydroxyl groups excluding tert-OH is 1. The first kappa shape index (κ1) is 13.8. The zero-order valence-electron chi connectivity index (χ0n) is 10.2. The van der Waals surface area contributed by atoms with E-state index in [2.05, 4.69) is 0 Å². The van der Waals surface area contributed by atoms with Crippen molar-refractivity contribution < 1.29 is 15.3 Å². The van der Waals surface area contributed by atoms with Crippen LogP contribution in [0.3, 0.4) is 0 Å². The molecule has 0 spiro atoms. The normalized spacial score (nSPS) is 14.0. The smallest absolute Gasteiger partial charge is 0.119 e. The van der Waals surface area contributed by atoms with Crippen LogP contribution in [0, 0.1) is 5.21 Å². The molecule has 0 aliphatic rings. The van der Waals surface area contributed by atoms with Crippen LogP contribution >= 0.6 is 0 Å². The van der Waals surface area contributed by atoms with Gasteiger partial charge >= 0.3 is 0 Å². The SMILES string of the molecule is CC(C)(C)N([O-])CC(O)c1cc(O)cc(O)c1. The van der Waals surface area contributed by atoms with Crippen LogP contribution in [0.4, 0.5) is 0 Å². The molecule has 0 fully saturated rings. The summed E-state index contributed by atoms with van der Waals surface area (Å²) in [4.78, 5) is 0. The summed E-state index contributed by atoms with van der Waals surface area (Å²) in [6.45, 7) is 5.11. The lowest BCUT2D eigenvalue weighted by atomic mass is 10.1. The van der Waals surface area contributed by atoms with Gasteiger partial charge in [0, 0.05) is 18.2 Å². The molecule has 0 bridgehead atoms. The highest BCUT2D eigenvalue weighted by atomic mass is 16.5. The van der Waals surface area contributed by atoms with Crippen molar-refractivity contribution in [2.24, 2.45) is 0 Å². The first-order valence-electron chi connectivity index (χ1n) is 5.36. The first-order valence-corrected chi connectivity index (χ1v) is 5.36. The van der Waals surface area contributed by atoms with Gasteiger partial charge in [-0.05, 0) is 38.5 Å². The van der Waals surface area contributed by atoms with Gasteiger partial charge < -0.3 is 25.6 Å². The van der Waals surface area contributed by atoms with Crippen molar-refractivity contribution in [1.82, 2.24) is 5.06 Å². The molecule has 0 saturated carbocycles. The van der Waals surface area contributed by atoms with Gasteiger partial charge in [0.2, 0.25) is 0 Å². The summed E-state index contributed by atoms with van der Waals surface area (Å²) >= 11 is 0. The van der Waals surface area contributed by atoms with Gasteiger partial charge in [0.05, 0.1) is 6.10 Å². The van der Waals surface area contributed by atoms with E-state index in [4.69, 9.17) is 0 Å². The number of hydroxylamine groups is 2. The van der Waals surface area contributed by atoms with Crippen LogP contribution in [-0.4, -0.2) is 32.5 Å². The topological polar surface area (TPSA) is 87.0 Å². The molecule has 17 heavy (non-hydrogen) atoms. The molecule has 0 saturated heterocycles. The summed E-state index contributed by atoms with van der Waals surface area (Å²) in [6, 6.07) is 3.80. The molecular formula is C12H18NO4-. The fourth-order valence-electron chi connectivity index (χ4n) is 1.35. The van der Waals surface area contributed by atoms with E-state index in [0.29, 0.717) is 5.56 Å². The lowest BCUT2D eigenvalue weighted by Gasteiger charge is -2.42. The predicted octanol–water partition coefficient (Wildman–Crippen LogP) is 1.73. The van der Waals surface area contributed by atoms with E-state index in [9.17, 15) is 20.5 Å². The third-order valence-electron chi connectivity index (χ3n) is 2.40. The monoisotopic (exact) mass is 240 g/mol. The average Bonchev–Trinajstić information content (AvgIpc) is 2.14. The van der Waals surface area contributed by atoms with Crippen LogP contribution in [0.25, 0.3) is 0 Å². The molecule has 5 nitrogen and oxygen atoms in total. The molecule has 1 rings (SSSR count). The summed E-state index contributed by atoms with van der Waals surface area (Å²) in [5.74, 6) is -0.292. The number of aliphatic hydroxyl groups is 1. The number of nitrogens with zero attached hydrogens (tertiary/aromatic N) is 1. The summed E-state index contributed by atoms with van der Waals surface area (Å²) < 4.78 is 0. The summed E-state index contributed by atoms with van der Waals surface area (Å²) in [5, 5.41) is 40.8. The molecule has 0 aromatic heterocycles. The van der Waals surface area contributed by atoms with Gasteiger partial charge in [-0.2, -0.15) is 0 Å². The second-order valence-corrected chi connectivity index (χ2v) is 5.03. The van der Waals surface area contributed by atoms with E-state index in [1.807, 2.05) is 0 Å².